The Morgan fingerprint density at radius 2 is 2.17 bits per heavy atom. The molecule has 0 radical (unpaired) electrons. The third-order valence-electron chi connectivity index (χ3n) is 0.427. The van der Waals surface area contributed by atoms with Crippen molar-refractivity contribution in [2.24, 2.45) is 0 Å². The van der Waals surface area contributed by atoms with Crippen molar-refractivity contribution in [1.29, 1.82) is 0 Å². The first-order valence-corrected chi connectivity index (χ1v) is 2.16. The lowest BCUT2D eigenvalue weighted by Gasteiger charge is -1.61. The molecule has 0 atom stereocenters. The molecule has 0 aliphatic carbocycles. The standard InChI is InChI=1S/C6H9/c1-3-5-6-4-2/h1,3-4H2,2H3/q+1. The summed E-state index contributed by atoms with van der Waals surface area (Å²) >= 11 is 0. The van der Waals surface area contributed by atoms with E-state index in [0.29, 0.717) is 0 Å². The minimum absolute atomic E-state index is 0.744. The van der Waals surface area contributed by atoms with Gasteiger partial charge in [-0.2, -0.15) is 0 Å². The quantitative estimate of drug-likeness (QED) is 0.307. The molecule has 0 aromatic heterocycles. The Bertz CT molecular complexity index is 53.8. The van der Waals surface area contributed by atoms with Crippen LogP contribution in [0.1, 0.15) is 19.8 Å². The van der Waals surface area contributed by atoms with Crippen LogP contribution in [0.3, 0.4) is 0 Å². The molecule has 0 heterocycles. The highest BCUT2D eigenvalue weighted by atomic mass is 13.6. The van der Waals surface area contributed by atoms with Gasteiger partial charge in [0.15, 0.2) is 0 Å². The minimum Gasteiger partial charge on any atom is -0.0992 e. The number of rotatable bonds is 0. The van der Waals surface area contributed by atoms with E-state index in [2.05, 4.69) is 18.8 Å². The third kappa shape index (κ3) is 3.43. The second kappa shape index (κ2) is 4.43. The number of hydrogen-bond acceptors (Lipinski definition) is 0. The predicted molar refractivity (Wildman–Crippen MR) is 28.0 cm³/mol. The van der Waals surface area contributed by atoms with E-state index in [1.165, 1.54) is 0 Å². The van der Waals surface area contributed by atoms with Crippen LogP contribution >= 0.6 is 0 Å². The molecule has 32 valence electrons. The van der Waals surface area contributed by atoms with Crippen molar-refractivity contribution >= 4 is 0 Å². The van der Waals surface area contributed by atoms with Crippen LogP contribution in [-0.2, 0) is 0 Å². The summed E-state index contributed by atoms with van der Waals surface area (Å²) in [6.45, 7) is 5.58. The highest BCUT2D eigenvalue weighted by Crippen LogP contribution is 1.69. The normalized spacial score (nSPS) is 6.17. The second-order valence-electron chi connectivity index (χ2n) is 0.957. The maximum Gasteiger partial charge on any atom is 0.145 e. The van der Waals surface area contributed by atoms with Crippen LogP contribution in [0.15, 0.2) is 0 Å². The predicted octanol–water partition coefficient (Wildman–Crippen LogP) is 1.62. The maximum atomic E-state index is 3.55. The van der Waals surface area contributed by atoms with Crippen molar-refractivity contribution < 1.29 is 0 Å². The SMILES string of the molecule is [CH2+]CC#CCC. The largest absolute Gasteiger partial charge is 0.145 e. The lowest BCUT2D eigenvalue weighted by atomic mass is 10.4. The lowest BCUT2D eigenvalue weighted by Crippen LogP contribution is -1.52. The van der Waals surface area contributed by atoms with E-state index >= 15 is 0 Å². The van der Waals surface area contributed by atoms with Crippen LogP contribution < -0.4 is 0 Å². The van der Waals surface area contributed by atoms with Crippen molar-refractivity contribution in [3.05, 3.63) is 6.92 Å². The molecule has 0 unspecified atom stereocenters. The first-order chi connectivity index (χ1) is 2.91. The van der Waals surface area contributed by atoms with Crippen LogP contribution in [0, 0.1) is 18.8 Å². The maximum absolute atomic E-state index is 3.55. The Balaban J connectivity index is 2.90. The van der Waals surface area contributed by atoms with Gasteiger partial charge in [0.2, 0.25) is 0 Å². The summed E-state index contributed by atoms with van der Waals surface area (Å²) in [6.07, 6.45) is 1.70. The topological polar surface area (TPSA) is 0 Å². The lowest BCUT2D eigenvalue weighted by molar-refractivity contribution is 1.27. The van der Waals surface area contributed by atoms with Gasteiger partial charge in [0.05, 0.1) is 6.92 Å². The minimum atomic E-state index is 0.744. The Morgan fingerprint density at radius 1 is 1.50 bits per heavy atom. The Labute approximate surface area is 39.6 Å². The first-order valence-electron chi connectivity index (χ1n) is 2.16. The fourth-order valence-corrected chi connectivity index (χ4v) is 0.213. The highest BCUT2D eigenvalue weighted by molar-refractivity contribution is 4.97. The fraction of sp³-hybridized carbons (Fsp3) is 0.500. The van der Waals surface area contributed by atoms with E-state index in [0.717, 1.165) is 12.8 Å². The molecule has 0 heteroatoms. The molecule has 0 aromatic carbocycles. The van der Waals surface area contributed by atoms with E-state index in [1.807, 2.05) is 6.92 Å². The Morgan fingerprint density at radius 3 is 2.33 bits per heavy atom. The number of hydrogen-bond donors (Lipinski definition) is 0. The molecule has 0 rings (SSSR count). The van der Waals surface area contributed by atoms with Crippen LogP contribution in [0.5, 0.6) is 0 Å². The van der Waals surface area contributed by atoms with Gasteiger partial charge < -0.3 is 0 Å². The van der Waals surface area contributed by atoms with E-state index in [-0.39, 0.29) is 0 Å². The molecule has 0 aromatic rings. The molecule has 0 bridgehead atoms. The molecule has 0 saturated heterocycles. The van der Waals surface area contributed by atoms with Crippen LogP contribution in [-0.4, -0.2) is 0 Å². The zero-order valence-electron chi connectivity index (χ0n) is 4.12. The third-order valence-corrected chi connectivity index (χ3v) is 0.427. The van der Waals surface area contributed by atoms with Gasteiger partial charge in [0.25, 0.3) is 0 Å². The van der Waals surface area contributed by atoms with Gasteiger partial charge in [-0.1, -0.05) is 18.8 Å². The molecular formula is C6H9+. The molecule has 0 N–H and O–H groups in total. The average molecular weight is 81.1 g/mol. The van der Waals surface area contributed by atoms with E-state index < -0.39 is 0 Å². The Kier molecular flexibility index (Phi) is 4.01. The van der Waals surface area contributed by atoms with Gasteiger partial charge >= 0.3 is 0 Å². The van der Waals surface area contributed by atoms with E-state index in [9.17, 15) is 0 Å². The molecule has 0 aliphatic heterocycles. The van der Waals surface area contributed by atoms with Gasteiger partial charge in [0.1, 0.15) is 6.42 Å². The monoisotopic (exact) mass is 81.1 g/mol. The molecular weight excluding hydrogens is 72.1 g/mol. The molecule has 0 fully saturated rings. The second-order valence-corrected chi connectivity index (χ2v) is 0.957. The van der Waals surface area contributed by atoms with Crippen LogP contribution in [0.2, 0.25) is 0 Å². The van der Waals surface area contributed by atoms with E-state index in [4.69, 9.17) is 0 Å². The van der Waals surface area contributed by atoms with Crippen molar-refractivity contribution in [2.45, 2.75) is 19.8 Å². The van der Waals surface area contributed by atoms with Crippen molar-refractivity contribution in [2.75, 3.05) is 0 Å². The summed E-state index contributed by atoms with van der Waals surface area (Å²) in [4.78, 5) is 0. The van der Waals surface area contributed by atoms with Crippen LogP contribution in [0.25, 0.3) is 0 Å². The molecule has 0 aliphatic rings. The van der Waals surface area contributed by atoms with Crippen molar-refractivity contribution in [3.63, 3.8) is 0 Å². The van der Waals surface area contributed by atoms with Crippen molar-refractivity contribution in [1.82, 2.24) is 0 Å². The Hall–Kier alpha value is -0.570. The van der Waals surface area contributed by atoms with Gasteiger partial charge in [0, 0.05) is 6.42 Å². The van der Waals surface area contributed by atoms with Crippen LogP contribution in [0.4, 0.5) is 0 Å². The molecule has 0 amide bonds. The van der Waals surface area contributed by atoms with Gasteiger partial charge in [-0.05, 0) is 0 Å². The summed E-state index contributed by atoms with van der Waals surface area (Å²) in [5, 5.41) is 0. The summed E-state index contributed by atoms with van der Waals surface area (Å²) in [5.41, 5.74) is 0. The molecule has 0 nitrogen and oxygen atoms in total. The first kappa shape index (κ1) is 5.43. The van der Waals surface area contributed by atoms with Gasteiger partial charge in [-0.25, -0.2) is 0 Å². The molecule has 0 saturated carbocycles. The van der Waals surface area contributed by atoms with Gasteiger partial charge in [-0.15, -0.1) is 0 Å². The summed E-state index contributed by atoms with van der Waals surface area (Å²) < 4.78 is 0. The van der Waals surface area contributed by atoms with E-state index in [1.54, 1.807) is 0 Å². The molecule has 6 heavy (non-hydrogen) atoms. The summed E-state index contributed by atoms with van der Waals surface area (Å²) in [7, 11) is 0. The average Bonchev–Trinajstić information content (AvgIpc) is 1.61. The highest BCUT2D eigenvalue weighted by Gasteiger charge is 1.62. The van der Waals surface area contributed by atoms with Gasteiger partial charge in [-0.3, -0.25) is 0 Å². The summed E-state index contributed by atoms with van der Waals surface area (Å²) in [5.74, 6) is 5.72. The van der Waals surface area contributed by atoms with Crippen molar-refractivity contribution in [3.8, 4) is 11.8 Å². The fourth-order valence-electron chi connectivity index (χ4n) is 0.213. The molecule has 0 spiro atoms. The zero-order valence-corrected chi connectivity index (χ0v) is 4.12. The smallest absolute Gasteiger partial charge is 0.0992 e. The zero-order chi connectivity index (χ0) is 4.83. The summed E-state index contributed by atoms with van der Waals surface area (Å²) in [6, 6.07) is 0.